The molecule has 3 aromatic rings. The largest absolute Gasteiger partial charge is 0.312 e. The van der Waals surface area contributed by atoms with Crippen LogP contribution in [0.25, 0.3) is 15.8 Å². The smallest absolute Gasteiger partial charge is 0.305 e. The summed E-state index contributed by atoms with van der Waals surface area (Å²) < 4.78 is 0.938. The summed E-state index contributed by atoms with van der Waals surface area (Å²) in [4.78, 5) is 14.0. The maximum Gasteiger partial charge on any atom is 0.305 e. The first-order valence-corrected chi connectivity index (χ1v) is 5.87. The summed E-state index contributed by atoms with van der Waals surface area (Å²) in [5.74, 6) is 0. The Kier molecular flexibility index (Phi) is 2.19. The molecule has 5 heteroatoms. The minimum Gasteiger partial charge on any atom is -0.312 e. The fourth-order valence-electron chi connectivity index (χ4n) is 1.71. The molecule has 84 valence electrons. The summed E-state index contributed by atoms with van der Waals surface area (Å²) in [6.45, 7) is 4.03. The summed E-state index contributed by atoms with van der Waals surface area (Å²) in [6, 6.07) is 7.66. The molecule has 0 radical (unpaired) electrons. The van der Waals surface area contributed by atoms with Gasteiger partial charge in [0.1, 0.15) is 0 Å². The Hall–Kier alpha value is -2.14. The summed E-state index contributed by atoms with van der Waals surface area (Å²) >= 11 is 1.20. The van der Waals surface area contributed by atoms with Gasteiger partial charge in [0.15, 0.2) is 0 Å². The van der Waals surface area contributed by atoms with Gasteiger partial charge in [0, 0.05) is 6.20 Å². The highest BCUT2D eigenvalue weighted by Gasteiger charge is 2.06. The van der Waals surface area contributed by atoms with Crippen LogP contribution < -0.4 is 4.87 Å². The van der Waals surface area contributed by atoms with Gasteiger partial charge < -0.3 is 4.98 Å². The van der Waals surface area contributed by atoms with Crippen LogP contribution in [-0.4, -0.2) is 15.2 Å². The van der Waals surface area contributed by atoms with Crippen LogP contribution in [0.15, 0.2) is 41.8 Å². The van der Waals surface area contributed by atoms with Crippen molar-refractivity contribution in [3.05, 3.63) is 58.0 Å². The van der Waals surface area contributed by atoms with E-state index in [-0.39, 0.29) is 4.87 Å². The Morgan fingerprint density at radius 3 is 3.00 bits per heavy atom. The van der Waals surface area contributed by atoms with Gasteiger partial charge in [-0.15, -0.1) is 0 Å². The number of hydrogen-bond acceptors (Lipinski definition) is 3. The summed E-state index contributed by atoms with van der Waals surface area (Å²) in [5, 5.41) is 6.77. The van der Waals surface area contributed by atoms with E-state index in [2.05, 4.69) is 21.8 Å². The maximum absolute atomic E-state index is 11.2. The van der Waals surface area contributed by atoms with E-state index >= 15 is 0 Å². The highest BCUT2D eigenvalue weighted by Crippen LogP contribution is 2.24. The van der Waals surface area contributed by atoms with Crippen LogP contribution in [0.2, 0.25) is 0 Å². The van der Waals surface area contributed by atoms with Gasteiger partial charge in [-0.2, -0.15) is 5.10 Å². The van der Waals surface area contributed by atoms with Gasteiger partial charge in [-0.25, -0.2) is 0 Å². The Morgan fingerprint density at radius 1 is 1.35 bits per heavy atom. The van der Waals surface area contributed by atoms with E-state index in [9.17, 15) is 4.79 Å². The number of aromatic nitrogens is 3. The molecule has 0 amide bonds. The number of benzene rings is 1. The van der Waals surface area contributed by atoms with Crippen molar-refractivity contribution in [3.8, 4) is 0 Å². The number of hydrogen-bond donors (Lipinski definition) is 2. The van der Waals surface area contributed by atoms with Gasteiger partial charge in [0.25, 0.3) is 0 Å². The first-order chi connectivity index (χ1) is 8.24. The van der Waals surface area contributed by atoms with E-state index in [4.69, 9.17) is 0 Å². The van der Waals surface area contributed by atoms with Crippen LogP contribution in [0.3, 0.4) is 0 Å². The predicted molar refractivity (Wildman–Crippen MR) is 69.2 cm³/mol. The van der Waals surface area contributed by atoms with Crippen molar-refractivity contribution >= 4 is 27.1 Å². The second-order valence-corrected chi connectivity index (χ2v) is 4.69. The number of nitrogens with zero attached hydrogens (tertiary/aromatic N) is 1. The van der Waals surface area contributed by atoms with Crippen LogP contribution >= 0.6 is 11.3 Å². The van der Waals surface area contributed by atoms with E-state index in [1.807, 2.05) is 24.3 Å². The zero-order chi connectivity index (χ0) is 11.8. The van der Waals surface area contributed by atoms with E-state index < -0.39 is 0 Å². The van der Waals surface area contributed by atoms with Gasteiger partial charge in [-0.3, -0.25) is 9.89 Å². The van der Waals surface area contributed by atoms with Gasteiger partial charge in [0.2, 0.25) is 0 Å². The number of nitrogens with one attached hydrogen (secondary N) is 2. The van der Waals surface area contributed by atoms with Crippen LogP contribution in [-0.2, 0) is 0 Å². The summed E-state index contributed by atoms with van der Waals surface area (Å²) in [5.41, 5.74) is 3.59. The number of H-pyrrole nitrogens is 2. The Bertz CT molecular complexity index is 737. The minimum absolute atomic E-state index is 0.0377. The van der Waals surface area contributed by atoms with Gasteiger partial charge in [-0.05, 0) is 29.3 Å². The van der Waals surface area contributed by atoms with Gasteiger partial charge in [0.05, 0.1) is 15.9 Å². The lowest BCUT2D eigenvalue weighted by Crippen LogP contribution is -1.89. The highest BCUT2D eigenvalue weighted by atomic mass is 32.1. The molecule has 0 saturated heterocycles. The van der Waals surface area contributed by atoms with E-state index in [1.54, 1.807) is 6.20 Å². The Balaban J connectivity index is 2.12. The quantitative estimate of drug-likeness (QED) is 0.726. The lowest BCUT2D eigenvalue weighted by atomic mass is 10.0. The van der Waals surface area contributed by atoms with Gasteiger partial charge >= 0.3 is 4.87 Å². The van der Waals surface area contributed by atoms with Crippen LogP contribution in [0.5, 0.6) is 0 Å². The highest BCUT2D eigenvalue weighted by molar-refractivity contribution is 7.16. The molecule has 0 saturated carbocycles. The molecular formula is C12H9N3OS. The minimum atomic E-state index is -0.0377. The molecule has 0 aliphatic heterocycles. The monoisotopic (exact) mass is 243 g/mol. The SMILES string of the molecule is C=C(c1ccc2[nH]c(=O)sc2c1)c1ccn[nH]1. The molecule has 17 heavy (non-hydrogen) atoms. The molecule has 2 N–H and O–H groups in total. The van der Waals surface area contributed by atoms with Crippen molar-refractivity contribution in [2.75, 3.05) is 0 Å². The number of rotatable bonds is 2. The topological polar surface area (TPSA) is 61.5 Å². The van der Waals surface area contributed by atoms with Crippen molar-refractivity contribution in [2.45, 2.75) is 0 Å². The third-order valence-corrected chi connectivity index (χ3v) is 3.44. The molecule has 0 unspecified atom stereocenters. The van der Waals surface area contributed by atoms with E-state index in [0.717, 1.165) is 27.0 Å². The van der Waals surface area contributed by atoms with Crippen molar-refractivity contribution in [3.63, 3.8) is 0 Å². The molecule has 0 aliphatic carbocycles. The number of aromatic amines is 2. The molecule has 1 aromatic carbocycles. The first kappa shape index (κ1) is 10.0. The summed E-state index contributed by atoms with van der Waals surface area (Å²) in [6.07, 6.45) is 1.69. The average Bonchev–Trinajstić information content (AvgIpc) is 2.94. The number of fused-ring (bicyclic) bond motifs is 1. The number of thiazole rings is 1. The van der Waals surface area contributed by atoms with Crippen LogP contribution in [0, 0.1) is 0 Å². The zero-order valence-corrected chi connectivity index (χ0v) is 9.67. The fourth-order valence-corrected chi connectivity index (χ4v) is 2.49. The average molecular weight is 243 g/mol. The van der Waals surface area contributed by atoms with E-state index in [1.165, 1.54) is 11.3 Å². The third kappa shape index (κ3) is 1.70. The molecule has 2 aromatic heterocycles. The van der Waals surface area contributed by atoms with Crippen LogP contribution in [0.1, 0.15) is 11.3 Å². The van der Waals surface area contributed by atoms with Crippen LogP contribution in [0.4, 0.5) is 0 Å². The summed E-state index contributed by atoms with van der Waals surface area (Å²) in [7, 11) is 0. The van der Waals surface area contributed by atoms with Crippen molar-refractivity contribution in [1.29, 1.82) is 0 Å². The van der Waals surface area contributed by atoms with Crippen molar-refractivity contribution in [1.82, 2.24) is 15.2 Å². The Morgan fingerprint density at radius 2 is 2.24 bits per heavy atom. The zero-order valence-electron chi connectivity index (χ0n) is 8.86. The maximum atomic E-state index is 11.2. The molecular weight excluding hydrogens is 234 g/mol. The van der Waals surface area contributed by atoms with E-state index in [0.29, 0.717) is 0 Å². The molecule has 0 aliphatic rings. The Labute approximate surface area is 101 Å². The molecule has 0 fully saturated rings. The first-order valence-electron chi connectivity index (χ1n) is 5.06. The standard InChI is InChI=1S/C12H9N3OS/c1-7(9-4-5-13-15-9)8-2-3-10-11(6-8)17-12(16)14-10/h2-6H,1H2,(H,13,15)(H,14,16). The molecule has 3 rings (SSSR count). The molecule has 0 atom stereocenters. The molecule has 2 heterocycles. The molecule has 4 nitrogen and oxygen atoms in total. The second kappa shape index (κ2) is 3.71. The molecule has 0 spiro atoms. The van der Waals surface area contributed by atoms with Crippen molar-refractivity contribution < 1.29 is 0 Å². The molecule has 0 bridgehead atoms. The fraction of sp³-hybridized carbons (Fsp3) is 0. The lowest BCUT2D eigenvalue weighted by Gasteiger charge is -2.02. The van der Waals surface area contributed by atoms with Crippen molar-refractivity contribution in [2.24, 2.45) is 0 Å². The predicted octanol–water partition coefficient (Wildman–Crippen LogP) is 2.37. The lowest BCUT2D eigenvalue weighted by molar-refractivity contribution is 1.07. The second-order valence-electron chi connectivity index (χ2n) is 3.67. The third-order valence-electron chi connectivity index (χ3n) is 2.60. The normalized spacial score (nSPS) is 10.8. The van der Waals surface area contributed by atoms with Gasteiger partial charge in [-0.1, -0.05) is 24.0 Å².